The normalized spacial score (nSPS) is 10.8. The van der Waals surface area contributed by atoms with Crippen molar-refractivity contribution in [1.82, 2.24) is 19.5 Å². The fraction of sp³-hybridized carbons (Fsp3) is 0.417. The van der Waals surface area contributed by atoms with Crippen LogP contribution in [0.2, 0.25) is 0 Å². The van der Waals surface area contributed by atoms with Crippen molar-refractivity contribution >= 4 is 15.9 Å². The predicted octanol–water partition coefficient (Wildman–Crippen LogP) is 2.94. The van der Waals surface area contributed by atoms with Crippen LogP contribution in [0.1, 0.15) is 31.9 Å². The highest BCUT2D eigenvalue weighted by atomic mass is 79.9. The highest BCUT2D eigenvalue weighted by molar-refractivity contribution is 9.10. The van der Waals surface area contributed by atoms with Crippen LogP contribution in [-0.2, 0) is 12.8 Å². The van der Waals surface area contributed by atoms with Gasteiger partial charge in [0.2, 0.25) is 0 Å². The summed E-state index contributed by atoms with van der Waals surface area (Å²) in [6, 6.07) is 1.92. The van der Waals surface area contributed by atoms with Crippen LogP contribution in [0, 0.1) is 0 Å². The maximum absolute atomic E-state index is 4.52. The van der Waals surface area contributed by atoms with Crippen LogP contribution in [0.15, 0.2) is 23.1 Å². The average Bonchev–Trinajstić information content (AvgIpc) is 2.77. The van der Waals surface area contributed by atoms with E-state index < -0.39 is 0 Å². The quantitative estimate of drug-likeness (QED) is 0.815. The first-order valence-electron chi connectivity index (χ1n) is 5.80. The van der Waals surface area contributed by atoms with Crippen molar-refractivity contribution in [2.45, 2.75) is 33.1 Å². The summed E-state index contributed by atoms with van der Waals surface area (Å²) >= 11 is 3.42. The van der Waals surface area contributed by atoms with Crippen LogP contribution >= 0.6 is 15.9 Å². The van der Waals surface area contributed by atoms with E-state index >= 15 is 0 Å². The first-order valence-corrected chi connectivity index (χ1v) is 6.60. The SMILES string of the molecule is CCCc1nccn1-c1cc(Br)nc(CC)n1. The topological polar surface area (TPSA) is 43.6 Å². The summed E-state index contributed by atoms with van der Waals surface area (Å²) in [6.07, 6.45) is 6.61. The molecule has 0 bridgehead atoms. The third-order valence-corrected chi connectivity index (χ3v) is 2.89. The van der Waals surface area contributed by atoms with Gasteiger partial charge >= 0.3 is 0 Å². The maximum Gasteiger partial charge on any atom is 0.142 e. The van der Waals surface area contributed by atoms with Gasteiger partial charge in [-0.1, -0.05) is 13.8 Å². The Morgan fingerprint density at radius 1 is 1.29 bits per heavy atom. The molecule has 0 aliphatic heterocycles. The van der Waals surface area contributed by atoms with E-state index in [0.29, 0.717) is 0 Å². The molecule has 0 spiro atoms. The highest BCUT2D eigenvalue weighted by Crippen LogP contribution is 2.15. The molecule has 2 rings (SSSR count). The molecule has 0 fully saturated rings. The van der Waals surface area contributed by atoms with Gasteiger partial charge in [0.05, 0.1) is 0 Å². The van der Waals surface area contributed by atoms with Crippen LogP contribution in [0.3, 0.4) is 0 Å². The van der Waals surface area contributed by atoms with E-state index in [1.165, 1.54) is 0 Å². The Morgan fingerprint density at radius 3 is 2.82 bits per heavy atom. The van der Waals surface area contributed by atoms with Crippen molar-refractivity contribution in [3.8, 4) is 5.82 Å². The van der Waals surface area contributed by atoms with Crippen molar-refractivity contribution < 1.29 is 0 Å². The van der Waals surface area contributed by atoms with Crippen molar-refractivity contribution in [2.24, 2.45) is 0 Å². The molecule has 0 amide bonds. The Bertz CT molecular complexity index is 507. The van der Waals surface area contributed by atoms with Gasteiger partial charge in [-0.15, -0.1) is 0 Å². The standard InChI is InChI=1S/C12H15BrN4/c1-3-5-11-14-6-7-17(11)12-8-9(13)15-10(4-2)16-12/h6-8H,3-5H2,1-2H3. The van der Waals surface area contributed by atoms with E-state index in [-0.39, 0.29) is 0 Å². The van der Waals surface area contributed by atoms with Crippen molar-refractivity contribution in [3.05, 3.63) is 34.7 Å². The van der Waals surface area contributed by atoms with E-state index in [4.69, 9.17) is 0 Å². The number of halogens is 1. The van der Waals surface area contributed by atoms with E-state index in [1.54, 1.807) is 0 Å². The third-order valence-electron chi connectivity index (χ3n) is 2.48. The number of imidazole rings is 1. The molecule has 90 valence electrons. The molecule has 0 aliphatic carbocycles. The fourth-order valence-electron chi connectivity index (χ4n) is 1.68. The van der Waals surface area contributed by atoms with Crippen LogP contribution < -0.4 is 0 Å². The van der Waals surface area contributed by atoms with Crippen LogP contribution in [0.5, 0.6) is 0 Å². The summed E-state index contributed by atoms with van der Waals surface area (Å²) < 4.78 is 2.84. The molecule has 2 aromatic heterocycles. The Labute approximate surface area is 109 Å². The zero-order valence-corrected chi connectivity index (χ0v) is 11.6. The Morgan fingerprint density at radius 2 is 2.12 bits per heavy atom. The molecule has 0 saturated carbocycles. The molecular weight excluding hydrogens is 280 g/mol. The van der Waals surface area contributed by atoms with Gasteiger partial charge in [-0.25, -0.2) is 15.0 Å². The maximum atomic E-state index is 4.52. The number of aromatic nitrogens is 4. The fourth-order valence-corrected chi connectivity index (χ4v) is 2.09. The molecule has 0 N–H and O–H groups in total. The van der Waals surface area contributed by atoms with Crippen molar-refractivity contribution in [2.75, 3.05) is 0 Å². The number of hydrogen-bond acceptors (Lipinski definition) is 3. The van der Waals surface area contributed by atoms with Gasteiger partial charge in [-0.05, 0) is 22.4 Å². The summed E-state index contributed by atoms with van der Waals surface area (Å²) in [4.78, 5) is 13.2. The molecule has 0 aliphatic rings. The van der Waals surface area contributed by atoms with E-state index in [0.717, 1.165) is 41.3 Å². The number of hydrogen-bond donors (Lipinski definition) is 0. The van der Waals surface area contributed by atoms with Crippen molar-refractivity contribution in [1.29, 1.82) is 0 Å². The smallest absolute Gasteiger partial charge is 0.142 e. The summed E-state index contributed by atoms with van der Waals surface area (Å²) in [5.41, 5.74) is 0. The van der Waals surface area contributed by atoms with Crippen LogP contribution in [0.4, 0.5) is 0 Å². The minimum absolute atomic E-state index is 0.815. The Hall–Kier alpha value is -1.23. The lowest BCUT2D eigenvalue weighted by atomic mass is 10.3. The molecule has 0 aromatic carbocycles. The summed E-state index contributed by atoms with van der Waals surface area (Å²) in [7, 11) is 0. The Balaban J connectivity index is 2.44. The average molecular weight is 295 g/mol. The predicted molar refractivity (Wildman–Crippen MR) is 70.2 cm³/mol. The summed E-state index contributed by atoms with van der Waals surface area (Å²) in [5, 5.41) is 0. The minimum Gasteiger partial charge on any atom is -0.288 e. The monoisotopic (exact) mass is 294 g/mol. The van der Waals surface area contributed by atoms with Gasteiger partial charge in [-0.2, -0.15) is 0 Å². The first kappa shape index (κ1) is 12.2. The molecule has 4 nitrogen and oxygen atoms in total. The third kappa shape index (κ3) is 2.72. The molecule has 2 aromatic rings. The lowest BCUT2D eigenvalue weighted by Gasteiger charge is -2.07. The molecule has 2 heterocycles. The largest absolute Gasteiger partial charge is 0.288 e. The van der Waals surface area contributed by atoms with Crippen LogP contribution in [-0.4, -0.2) is 19.5 Å². The van der Waals surface area contributed by atoms with Crippen molar-refractivity contribution in [3.63, 3.8) is 0 Å². The van der Waals surface area contributed by atoms with Gasteiger partial charge in [0.15, 0.2) is 0 Å². The number of nitrogens with zero attached hydrogens (tertiary/aromatic N) is 4. The number of aryl methyl sites for hydroxylation is 2. The summed E-state index contributed by atoms with van der Waals surface area (Å²) in [6.45, 7) is 4.19. The minimum atomic E-state index is 0.815. The van der Waals surface area contributed by atoms with E-state index in [2.05, 4.69) is 37.8 Å². The van der Waals surface area contributed by atoms with Gasteiger partial charge in [0.25, 0.3) is 0 Å². The highest BCUT2D eigenvalue weighted by Gasteiger charge is 2.07. The first-order chi connectivity index (χ1) is 8.24. The lowest BCUT2D eigenvalue weighted by Crippen LogP contribution is -2.05. The zero-order chi connectivity index (χ0) is 12.3. The Kier molecular flexibility index (Phi) is 3.89. The van der Waals surface area contributed by atoms with Crippen LogP contribution in [0.25, 0.3) is 5.82 Å². The molecule has 5 heteroatoms. The zero-order valence-electron chi connectivity index (χ0n) is 10.0. The lowest BCUT2D eigenvalue weighted by molar-refractivity contribution is 0.785. The van der Waals surface area contributed by atoms with Gasteiger partial charge in [-0.3, -0.25) is 4.57 Å². The van der Waals surface area contributed by atoms with Gasteiger partial charge < -0.3 is 0 Å². The molecule has 0 unspecified atom stereocenters. The van der Waals surface area contributed by atoms with E-state index in [9.17, 15) is 0 Å². The summed E-state index contributed by atoms with van der Waals surface area (Å²) in [5.74, 6) is 2.76. The van der Waals surface area contributed by atoms with E-state index in [1.807, 2.05) is 30.0 Å². The second-order valence-corrected chi connectivity index (χ2v) is 4.59. The molecular formula is C12H15BrN4. The molecule has 17 heavy (non-hydrogen) atoms. The number of rotatable bonds is 4. The molecule has 0 atom stereocenters. The second-order valence-electron chi connectivity index (χ2n) is 3.78. The van der Waals surface area contributed by atoms with Gasteiger partial charge in [0.1, 0.15) is 22.1 Å². The molecule has 0 saturated heterocycles. The molecule has 0 radical (unpaired) electrons. The van der Waals surface area contributed by atoms with Gasteiger partial charge in [0, 0.05) is 31.3 Å². The second kappa shape index (κ2) is 5.40.